The first kappa shape index (κ1) is 22.8. The van der Waals surface area contributed by atoms with Gasteiger partial charge in [-0.3, -0.25) is 0 Å². The molecule has 0 bridgehead atoms. The highest BCUT2D eigenvalue weighted by atomic mass is 15.1. The highest BCUT2D eigenvalue weighted by molar-refractivity contribution is 6.98. The Balaban J connectivity index is 1.95. The van der Waals surface area contributed by atoms with E-state index in [4.69, 9.17) is 0 Å². The van der Waals surface area contributed by atoms with Crippen LogP contribution in [0.2, 0.25) is 0 Å². The van der Waals surface area contributed by atoms with E-state index in [-0.39, 0.29) is 6.71 Å². The van der Waals surface area contributed by atoms with E-state index >= 15 is 0 Å². The van der Waals surface area contributed by atoms with Crippen LogP contribution in [0.25, 0.3) is 10.8 Å². The molecule has 1 aliphatic rings. The molecule has 0 atom stereocenters. The molecule has 4 aromatic carbocycles. The number of benzene rings is 4. The van der Waals surface area contributed by atoms with Crippen molar-refractivity contribution in [3.05, 3.63) is 93.0 Å². The molecule has 0 spiro atoms. The molecular formula is C32H36BN. The molecule has 34 heavy (non-hydrogen) atoms. The summed E-state index contributed by atoms with van der Waals surface area (Å²) in [6.07, 6.45) is 2.30. The monoisotopic (exact) mass is 445 g/mol. The fourth-order valence-electron chi connectivity index (χ4n) is 6.70. The van der Waals surface area contributed by atoms with Gasteiger partial charge in [-0.15, -0.1) is 0 Å². The van der Waals surface area contributed by atoms with Crippen molar-refractivity contribution in [3.8, 4) is 0 Å². The van der Waals surface area contributed by atoms with Crippen molar-refractivity contribution in [1.29, 1.82) is 0 Å². The van der Waals surface area contributed by atoms with Gasteiger partial charge in [-0.25, -0.2) is 0 Å². The van der Waals surface area contributed by atoms with Crippen molar-refractivity contribution in [1.82, 2.24) is 0 Å². The lowest BCUT2D eigenvalue weighted by Crippen LogP contribution is -2.56. The third-order valence-electron chi connectivity index (χ3n) is 7.85. The molecule has 0 heterocycles. The molecule has 1 nitrogen and oxygen atoms in total. The third kappa shape index (κ3) is 3.55. The second-order valence-corrected chi connectivity index (χ2v) is 10.8. The molecule has 0 fully saturated rings. The van der Waals surface area contributed by atoms with Crippen LogP contribution in [0.5, 0.6) is 0 Å². The second-order valence-electron chi connectivity index (χ2n) is 10.8. The van der Waals surface area contributed by atoms with Crippen molar-refractivity contribution in [2.45, 2.75) is 54.4 Å². The third-order valence-corrected chi connectivity index (χ3v) is 7.85. The Morgan fingerprint density at radius 3 is 1.47 bits per heavy atom. The Bertz CT molecular complexity index is 1330. The highest BCUT2D eigenvalue weighted by Gasteiger charge is 2.32. The standard InChI is InChI=1S/C32H36BN/c1-19-15-21(3)31(22(4)16-19)33(32-23(5)17-20(2)18-24(32)6)27-13-11-25-9-10-26-12-14-28(34(7)8)30(27)29(25)26/h11-18H,9-10H2,1-8H3. The summed E-state index contributed by atoms with van der Waals surface area (Å²) < 4.78 is 0. The van der Waals surface area contributed by atoms with Crippen LogP contribution < -0.4 is 21.3 Å². The lowest BCUT2D eigenvalue weighted by Gasteiger charge is -2.27. The molecule has 4 aromatic rings. The minimum absolute atomic E-state index is 0.199. The molecule has 0 aliphatic heterocycles. The Hall–Kier alpha value is -3.00. The van der Waals surface area contributed by atoms with E-state index in [0.29, 0.717) is 0 Å². The predicted molar refractivity (Wildman–Crippen MR) is 152 cm³/mol. The van der Waals surface area contributed by atoms with Gasteiger partial charge in [0.15, 0.2) is 0 Å². The summed E-state index contributed by atoms with van der Waals surface area (Å²) in [5.41, 5.74) is 16.9. The van der Waals surface area contributed by atoms with Crippen molar-refractivity contribution in [3.63, 3.8) is 0 Å². The van der Waals surface area contributed by atoms with Gasteiger partial charge in [0.1, 0.15) is 0 Å². The smallest absolute Gasteiger partial charge is 0.243 e. The number of hydrogen-bond donors (Lipinski definition) is 0. The van der Waals surface area contributed by atoms with Crippen LogP contribution in [0, 0.1) is 41.5 Å². The molecule has 0 aromatic heterocycles. The molecule has 0 saturated carbocycles. The van der Waals surface area contributed by atoms with E-state index < -0.39 is 0 Å². The van der Waals surface area contributed by atoms with Crippen LogP contribution in [0.15, 0.2) is 48.5 Å². The van der Waals surface area contributed by atoms with Crippen LogP contribution in [-0.4, -0.2) is 20.8 Å². The summed E-state index contributed by atoms with van der Waals surface area (Å²) in [5.74, 6) is 0. The van der Waals surface area contributed by atoms with Gasteiger partial charge in [0.2, 0.25) is 6.71 Å². The van der Waals surface area contributed by atoms with E-state index in [2.05, 4.69) is 109 Å². The Labute approximate surface area is 205 Å². The molecule has 0 amide bonds. The molecule has 172 valence electrons. The molecule has 0 N–H and O–H groups in total. The number of nitrogens with zero attached hydrogens (tertiary/aromatic N) is 1. The molecule has 2 heteroatoms. The average Bonchev–Trinajstić information content (AvgIpc) is 3.16. The van der Waals surface area contributed by atoms with Gasteiger partial charge in [-0.1, -0.05) is 92.2 Å². The van der Waals surface area contributed by atoms with Gasteiger partial charge < -0.3 is 4.90 Å². The van der Waals surface area contributed by atoms with Gasteiger partial charge in [0.05, 0.1) is 0 Å². The largest absolute Gasteiger partial charge is 0.377 e. The van der Waals surface area contributed by atoms with E-state index in [1.807, 2.05) is 0 Å². The first-order chi connectivity index (χ1) is 16.2. The fraction of sp³-hybridized carbons (Fsp3) is 0.312. The highest BCUT2D eigenvalue weighted by Crippen LogP contribution is 2.35. The second kappa shape index (κ2) is 8.34. The summed E-state index contributed by atoms with van der Waals surface area (Å²) in [4.78, 5) is 2.30. The first-order valence-electron chi connectivity index (χ1n) is 12.6. The lowest BCUT2D eigenvalue weighted by molar-refractivity contribution is 1.02. The average molecular weight is 445 g/mol. The van der Waals surface area contributed by atoms with Crippen molar-refractivity contribution < 1.29 is 0 Å². The molecule has 1 aliphatic carbocycles. The number of rotatable bonds is 4. The molecule has 0 radical (unpaired) electrons. The molecule has 0 unspecified atom stereocenters. The summed E-state index contributed by atoms with van der Waals surface area (Å²) in [6, 6.07) is 19.0. The summed E-state index contributed by atoms with van der Waals surface area (Å²) >= 11 is 0. The van der Waals surface area contributed by atoms with E-state index in [1.54, 1.807) is 0 Å². The van der Waals surface area contributed by atoms with E-state index in [1.165, 1.54) is 77.4 Å². The van der Waals surface area contributed by atoms with E-state index in [9.17, 15) is 0 Å². The summed E-state index contributed by atoms with van der Waals surface area (Å²) in [6.45, 7) is 13.8. The van der Waals surface area contributed by atoms with Crippen LogP contribution in [0.1, 0.15) is 44.5 Å². The first-order valence-corrected chi connectivity index (χ1v) is 12.6. The quantitative estimate of drug-likeness (QED) is 0.382. The van der Waals surface area contributed by atoms with Crippen LogP contribution in [0.4, 0.5) is 5.69 Å². The molecule has 5 rings (SSSR count). The molecular weight excluding hydrogens is 409 g/mol. The van der Waals surface area contributed by atoms with Gasteiger partial charge >= 0.3 is 0 Å². The van der Waals surface area contributed by atoms with E-state index in [0.717, 1.165) is 12.8 Å². The zero-order chi connectivity index (χ0) is 24.3. The number of aryl methyl sites for hydroxylation is 8. The normalized spacial score (nSPS) is 12.5. The maximum atomic E-state index is 2.45. The summed E-state index contributed by atoms with van der Waals surface area (Å²) in [5, 5.41) is 2.94. The van der Waals surface area contributed by atoms with Crippen LogP contribution in [0.3, 0.4) is 0 Å². The number of anilines is 1. The zero-order valence-electron chi connectivity index (χ0n) is 22.1. The van der Waals surface area contributed by atoms with Gasteiger partial charge in [-0.05, 0) is 77.0 Å². The predicted octanol–water partition coefficient (Wildman–Crippen LogP) is 5.37. The topological polar surface area (TPSA) is 3.24 Å². The molecule has 0 saturated heterocycles. The maximum Gasteiger partial charge on any atom is 0.243 e. The summed E-state index contributed by atoms with van der Waals surface area (Å²) in [7, 11) is 4.37. The fourth-order valence-corrected chi connectivity index (χ4v) is 6.70. The number of hydrogen-bond acceptors (Lipinski definition) is 1. The Morgan fingerprint density at radius 1 is 0.588 bits per heavy atom. The van der Waals surface area contributed by atoms with Gasteiger partial charge in [0, 0.05) is 25.2 Å². The zero-order valence-corrected chi connectivity index (χ0v) is 22.1. The maximum absolute atomic E-state index is 2.45. The van der Waals surface area contributed by atoms with Crippen LogP contribution in [-0.2, 0) is 12.8 Å². The van der Waals surface area contributed by atoms with Gasteiger partial charge in [-0.2, -0.15) is 0 Å². The Kier molecular flexibility index (Phi) is 5.59. The van der Waals surface area contributed by atoms with Gasteiger partial charge in [0.25, 0.3) is 0 Å². The lowest BCUT2D eigenvalue weighted by atomic mass is 9.33. The van der Waals surface area contributed by atoms with Crippen molar-refractivity contribution in [2.75, 3.05) is 19.0 Å². The van der Waals surface area contributed by atoms with Crippen molar-refractivity contribution in [2.24, 2.45) is 0 Å². The minimum Gasteiger partial charge on any atom is -0.377 e. The van der Waals surface area contributed by atoms with Crippen LogP contribution >= 0.6 is 0 Å². The minimum atomic E-state index is 0.199. The Morgan fingerprint density at radius 2 is 1.03 bits per heavy atom. The SMILES string of the molecule is Cc1cc(C)c(B(c2c(C)cc(C)cc2C)c2ccc3c4c(ccc(N(C)C)c24)CC3)c(C)c1. The van der Waals surface area contributed by atoms with Crippen molar-refractivity contribution >= 4 is 39.6 Å².